The van der Waals surface area contributed by atoms with Crippen LogP contribution in [0, 0.1) is 0 Å². The lowest BCUT2D eigenvalue weighted by atomic mass is 10.1. The molecule has 1 aromatic carbocycles. The van der Waals surface area contributed by atoms with Crippen molar-refractivity contribution in [1.29, 1.82) is 0 Å². The van der Waals surface area contributed by atoms with Crippen LogP contribution in [-0.4, -0.2) is 53.0 Å². The van der Waals surface area contributed by atoms with Crippen LogP contribution in [0.3, 0.4) is 0 Å². The molecule has 0 atom stereocenters. The summed E-state index contributed by atoms with van der Waals surface area (Å²) in [6, 6.07) is 11.4. The van der Waals surface area contributed by atoms with E-state index >= 15 is 0 Å². The van der Waals surface area contributed by atoms with Gasteiger partial charge in [0, 0.05) is 37.6 Å². The van der Waals surface area contributed by atoms with Crippen LogP contribution in [0.1, 0.15) is 28.7 Å². The summed E-state index contributed by atoms with van der Waals surface area (Å²) < 4.78 is 5.39. The number of benzene rings is 1. The second-order valence-corrected chi connectivity index (χ2v) is 8.75. The Bertz CT molecular complexity index is 1130. The number of amides is 2. The zero-order chi connectivity index (χ0) is 23.2. The predicted octanol–water partition coefficient (Wildman–Crippen LogP) is 2.52. The number of morpholine rings is 1. The molecular weight excluding hydrogens is 440 g/mol. The first kappa shape index (κ1) is 22.8. The molecule has 0 saturated carbocycles. The summed E-state index contributed by atoms with van der Waals surface area (Å²) in [5.74, 6) is 0.728. The van der Waals surface area contributed by atoms with Gasteiger partial charge in [0.05, 0.1) is 25.3 Å². The van der Waals surface area contributed by atoms with Crippen LogP contribution in [0.2, 0.25) is 0 Å². The molecule has 1 aliphatic rings. The van der Waals surface area contributed by atoms with E-state index in [0.717, 1.165) is 29.1 Å². The van der Waals surface area contributed by atoms with Crippen molar-refractivity contribution in [3.63, 3.8) is 0 Å². The maximum Gasteiger partial charge on any atom is 0.251 e. The lowest BCUT2D eigenvalue weighted by Gasteiger charge is -2.25. The van der Waals surface area contributed by atoms with Crippen LogP contribution in [0.5, 0.6) is 0 Å². The molecule has 0 bridgehead atoms. The van der Waals surface area contributed by atoms with Crippen molar-refractivity contribution >= 4 is 34.0 Å². The number of nitrogens with zero attached hydrogens (tertiary/aromatic N) is 3. The zero-order valence-corrected chi connectivity index (χ0v) is 19.2. The molecule has 0 unspecified atom stereocenters. The molecule has 1 saturated heterocycles. The Labute approximate surface area is 196 Å². The molecule has 2 aromatic heterocycles. The van der Waals surface area contributed by atoms with E-state index in [9.17, 15) is 9.59 Å². The molecule has 0 radical (unpaired) electrons. The van der Waals surface area contributed by atoms with Gasteiger partial charge in [-0.05, 0) is 23.3 Å². The third kappa shape index (κ3) is 6.13. The summed E-state index contributed by atoms with van der Waals surface area (Å²) in [5, 5.41) is 6.65. The molecule has 172 valence electrons. The van der Waals surface area contributed by atoms with Crippen LogP contribution in [0.4, 0.5) is 10.8 Å². The minimum Gasteiger partial charge on any atom is -0.379 e. The number of hydrogen-bond acceptors (Lipinski definition) is 8. The molecule has 1 aliphatic heterocycles. The van der Waals surface area contributed by atoms with Crippen molar-refractivity contribution in [3.05, 3.63) is 59.5 Å². The van der Waals surface area contributed by atoms with E-state index in [2.05, 4.69) is 25.5 Å². The molecule has 0 spiro atoms. The van der Waals surface area contributed by atoms with Crippen molar-refractivity contribution in [3.8, 4) is 10.4 Å². The van der Waals surface area contributed by atoms with Crippen molar-refractivity contribution in [2.24, 2.45) is 5.73 Å². The molecule has 1 fully saturated rings. The molecule has 3 aromatic rings. The number of aromatic nitrogens is 2. The summed E-state index contributed by atoms with van der Waals surface area (Å²) in [7, 11) is 0. The van der Waals surface area contributed by atoms with E-state index in [4.69, 9.17) is 10.5 Å². The third-order valence-electron chi connectivity index (χ3n) is 5.19. The molecular formula is C23H26N6O3S. The normalized spacial score (nSPS) is 14.1. The van der Waals surface area contributed by atoms with Crippen LogP contribution in [0.15, 0.2) is 42.6 Å². The van der Waals surface area contributed by atoms with Gasteiger partial charge in [-0.3, -0.25) is 14.5 Å². The Morgan fingerprint density at radius 1 is 1.18 bits per heavy atom. The molecule has 33 heavy (non-hydrogen) atoms. The SMILES string of the molecule is CC(=O)NCc1ccc(-c2cc(C(N)=O)c(Nc3ccnc(CN4CCOCC4)n3)s2)cc1. The first-order valence-corrected chi connectivity index (χ1v) is 11.5. The van der Waals surface area contributed by atoms with E-state index in [1.54, 1.807) is 18.3 Å². The van der Waals surface area contributed by atoms with Crippen molar-refractivity contribution in [1.82, 2.24) is 20.2 Å². The fourth-order valence-corrected chi connectivity index (χ4v) is 4.52. The number of ether oxygens (including phenoxy) is 1. The van der Waals surface area contributed by atoms with Gasteiger partial charge in [0.1, 0.15) is 16.6 Å². The van der Waals surface area contributed by atoms with E-state index in [-0.39, 0.29) is 5.91 Å². The van der Waals surface area contributed by atoms with Gasteiger partial charge in [0.15, 0.2) is 0 Å². The highest BCUT2D eigenvalue weighted by atomic mass is 32.1. The van der Waals surface area contributed by atoms with Crippen molar-refractivity contribution in [2.75, 3.05) is 31.6 Å². The Kier molecular flexibility index (Phi) is 7.28. The largest absolute Gasteiger partial charge is 0.379 e. The molecule has 2 amide bonds. The molecule has 4 rings (SSSR count). The minimum atomic E-state index is -0.509. The molecule has 10 heteroatoms. The van der Waals surface area contributed by atoms with Crippen molar-refractivity contribution in [2.45, 2.75) is 20.0 Å². The Hall–Kier alpha value is -3.34. The second-order valence-electron chi connectivity index (χ2n) is 7.70. The third-order valence-corrected chi connectivity index (χ3v) is 6.29. The number of anilines is 2. The Morgan fingerprint density at radius 3 is 2.64 bits per heavy atom. The number of primary amides is 1. The highest BCUT2D eigenvalue weighted by Gasteiger charge is 2.17. The number of nitrogens with one attached hydrogen (secondary N) is 2. The number of thiophene rings is 1. The smallest absolute Gasteiger partial charge is 0.251 e. The molecule has 9 nitrogen and oxygen atoms in total. The fraction of sp³-hybridized carbons (Fsp3) is 0.304. The number of carbonyl (C=O) groups is 2. The average molecular weight is 467 g/mol. The lowest BCUT2D eigenvalue weighted by molar-refractivity contribution is -0.119. The summed E-state index contributed by atoms with van der Waals surface area (Å²) in [6.45, 7) is 5.73. The van der Waals surface area contributed by atoms with Gasteiger partial charge >= 0.3 is 0 Å². The number of nitrogens with two attached hydrogens (primary N) is 1. The van der Waals surface area contributed by atoms with Crippen molar-refractivity contribution < 1.29 is 14.3 Å². The zero-order valence-electron chi connectivity index (χ0n) is 18.3. The maximum absolute atomic E-state index is 12.1. The van der Waals surface area contributed by atoms with E-state index in [1.807, 2.05) is 24.3 Å². The predicted molar refractivity (Wildman–Crippen MR) is 127 cm³/mol. The van der Waals surface area contributed by atoms with Gasteiger partial charge in [-0.25, -0.2) is 9.97 Å². The number of carbonyl (C=O) groups excluding carboxylic acids is 2. The molecule has 3 heterocycles. The summed E-state index contributed by atoms with van der Waals surface area (Å²) in [4.78, 5) is 35.3. The van der Waals surface area contributed by atoms with Crippen LogP contribution in [-0.2, 0) is 22.6 Å². The fourth-order valence-electron chi connectivity index (χ4n) is 3.44. The van der Waals surface area contributed by atoms with Gasteiger partial charge in [-0.15, -0.1) is 11.3 Å². The van der Waals surface area contributed by atoms with E-state index < -0.39 is 5.91 Å². The Balaban J connectivity index is 1.51. The lowest BCUT2D eigenvalue weighted by Crippen LogP contribution is -2.36. The van der Waals surface area contributed by atoms with Crippen LogP contribution in [0.25, 0.3) is 10.4 Å². The van der Waals surface area contributed by atoms with Crippen LogP contribution < -0.4 is 16.4 Å². The quantitative estimate of drug-likeness (QED) is 0.466. The summed E-state index contributed by atoms with van der Waals surface area (Å²) in [5.41, 5.74) is 8.00. The van der Waals surface area contributed by atoms with E-state index in [1.165, 1.54) is 18.3 Å². The number of rotatable bonds is 8. The van der Waals surface area contributed by atoms with Gasteiger partial charge in [0.2, 0.25) is 5.91 Å². The van der Waals surface area contributed by atoms with Crippen LogP contribution >= 0.6 is 11.3 Å². The standard InChI is InChI=1S/C23H26N6O3S/c1-15(30)26-13-16-2-4-17(5-3-16)19-12-18(22(24)31)23(33-19)28-20-6-7-25-21(27-20)14-29-8-10-32-11-9-29/h2-7,12H,8-11,13-14H2,1H3,(H2,24,31)(H,26,30)(H,25,27,28). The van der Waals surface area contributed by atoms with Gasteiger partial charge < -0.3 is 21.1 Å². The highest BCUT2D eigenvalue weighted by Crippen LogP contribution is 2.36. The topological polar surface area (TPSA) is 122 Å². The Morgan fingerprint density at radius 2 is 1.94 bits per heavy atom. The first-order chi connectivity index (χ1) is 16.0. The highest BCUT2D eigenvalue weighted by molar-refractivity contribution is 7.19. The second kappa shape index (κ2) is 10.5. The number of hydrogen-bond donors (Lipinski definition) is 3. The maximum atomic E-state index is 12.1. The monoisotopic (exact) mass is 466 g/mol. The minimum absolute atomic E-state index is 0.0722. The van der Waals surface area contributed by atoms with E-state index in [0.29, 0.717) is 48.5 Å². The summed E-state index contributed by atoms with van der Waals surface area (Å²) >= 11 is 1.43. The average Bonchev–Trinajstić information content (AvgIpc) is 3.23. The van der Waals surface area contributed by atoms with Gasteiger partial charge in [0.25, 0.3) is 5.91 Å². The first-order valence-electron chi connectivity index (χ1n) is 10.6. The molecule has 4 N–H and O–H groups in total. The van der Waals surface area contributed by atoms with Gasteiger partial charge in [-0.1, -0.05) is 24.3 Å². The summed E-state index contributed by atoms with van der Waals surface area (Å²) in [6.07, 6.45) is 1.71. The van der Waals surface area contributed by atoms with Gasteiger partial charge in [-0.2, -0.15) is 0 Å². The molecule has 0 aliphatic carbocycles.